The number of aryl methyl sites for hydroxylation is 2. The van der Waals surface area contributed by atoms with Crippen LogP contribution in [0.15, 0.2) is 47.4 Å². The minimum Gasteiger partial charge on any atom is -0.465 e. The SMILES string of the molecule is COC(=O)c1ccc(C)c(NC(=O)CSc2ccc(C)cc2)c1. The van der Waals surface area contributed by atoms with Crippen molar-refractivity contribution in [1.82, 2.24) is 0 Å². The molecule has 120 valence electrons. The van der Waals surface area contributed by atoms with Gasteiger partial charge in [0.25, 0.3) is 0 Å². The van der Waals surface area contributed by atoms with Gasteiger partial charge in [-0.05, 0) is 43.7 Å². The van der Waals surface area contributed by atoms with E-state index in [0.29, 0.717) is 17.0 Å². The summed E-state index contributed by atoms with van der Waals surface area (Å²) in [6.07, 6.45) is 0. The molecule has 0 aliphatic carbocycles. The number of carbonyl (C=O) groups is 2. The highest BCUT2D eigenvalue weighted by atomic mass is 32.2. The molecule has 0 aliphatic heterocycles. The fraction of sp³-hybridized carbons (Fsp3) is 0.222. The number of hydrogen-bond donors (Lipinski definition) is 1. The molecule has 0 fully saturated rings. The standard InChI is InChI=1S/C18H19NO3S/c1-12-4-8-15(9-5-12)23-11-17(20)19-16-10-14(18(21)22-3)7-6-13(16)2/h4-10H,11H2,1-3H3,(H,19,20). The maximum Gasteiger partial charge on any atom is 0.337 e. The first-order valence-electron chi connectivity index (χ1n) is 7.18. The Morgan fingerprint density at radius 1 is 1.09 bits per heavy atom. The zero-order chi connectivity index (χ0) is 16.8. The van der Waals surface area contributed by atoms with E-state index in [2.05, 4.69) is 5.32 Å². The highest BCUT2D eigenvalue weighted by Gasteiger charge is 2.10. The van der Waals surface area contributed by atoms with E-state index in [1.54, 1.807) is 18.2 Å². The van der Waals surface area contributed by atoms with Gasteiger partial charge in [0.2, 0.25) is 5.91 Å². The predicted octanol–water partition coefficient (Wildman–Crippen LogP) is 3.82. The van der Waals surface area contributed by atoms with Crippen LogP contribution in [-0.4, -0.2) is 24.7 Å². The van der Waals surface area contributed by atoms with E-state index < -0.39 is 5.97 Å². The van der Waals surface area contributed by atoms with Crippen molar-refractivity contribution in [3.63, 3.8) is 0 Å². The lowest BCUT2D eigenvalue weighted by Crippen LogP contribution is -2.15. The molecule has 0 saturated carbocycles. The molecule has 1 N–H and O–H groups in total. The molecule has 5 heteroatoms. The number of rotatable bonds is 5. The molecule has 0 atom stereocenters. The summed E-state index contributed by atoms with van der Waals surface area (Å²) >= 11 is 1.47. The van der Waals surface area contributed by atoms with Crippen LogP contribution < -0.4 is 5.32 Å². The van der Waals surface area contributed by atoms with Crippen molar-refractivity contribution < 1.29 is 14.3 Å². The van der Waals surface area contributed by atoms with Crippen LogP contribution in [-0.2, 0) is 9.53 Å². The van der Waals surface area contributed by atoms with Crippen LogP contribution in [0.2, 0.25) is 0 Å². The van der Waals surface area contributed by atoms with Crippen LogP contribution in [0.1, 0.15) is 21.5 Å². The maximum absolute atomic E-state index is 12.1. The summed E-state index contributed by atoms with van der Waals surface area (Å²) in [6, 6.07) is 13.1. The number of amides is 1. The van der Waals surface area contributed by atoms with Gasteiger partial charge in [0.05, 0.1) is 18.4 Å². The zero-order valence-corrected chi connectivity index (χ0v) is 14.2. The summed E-state index contributed by atoms with van der Waals surface area (Å²) in [5.41, 5.74) is 3.13. The molecule has 23 heavy (non-hydrogen) atoms. The monoisotopic (exact) mass is 329 g/mol. The summed E-state index contributed by atoms with van der Waals surface area (Å²) in [6.45, 7) is 3.90. The number of hydrogen-bond acceptors (Lipinski definition) is 4. The molecule has 0 saturated heterocycles. The molecule has 0 unspecified atom stereocenters. The number of methoxy groups -OCH3 is 1. The Morgan fingerprint density at radius 2 is 1.78 bits per heavy atom. The Balaban J connectivity index is 1.99. The van der Waals surface area contributed by atoms with Gasteiger partial charge in [-0.2, -0.15) is 0 Å². The third-order valence-electron chi connectivity index (χ3n) is 3.32. The van der Waals surface area contributed by atoms with E-state index in [1.165, 1.54) is 24.4 Å². The van der Waals surface area contributed by atoms with Gasteiger partial charge < -0.3 is 10.1 Å². The molecule has 0 radical (unpaired) electrons. The van der Waals surface area contributed by atoms with Crippen LogP contribution in [0.3, 0.4) is 0 Å². The van der Waals surface area contributed by atoms with Crippen LogP contribution in [0.5, 0.6) is 0 Å². The van der Waals surface area contributed by atoms with Crippen molar-refractivity contribution in [2.24, 2.45) is 0 Å². The lowest BCUT2D eigenvalue weighted by atomic mass is 10.1. The Morgan fingerprint density at radius 3 is 2.43 bits per heavy atom. The first-order chi connectivity index (χ1) is 11.0. The van der Waals surface area contributed by atoms with Crippen LogP contribution in [0.4, 0.5) is 5.69 Å². The van der Waals surface area contributed by atoms with Gasteiger partial charge in [0.1, 0.15) is 0 Å². The molecule has 0 spiro atoms. The fourth-order valence-corrected chi connectivity index (χ4v) is 2.67. The lowest BCUT2D eigenvalue weighted by Gasteiger charge is -2.10. The highest BCUT2D eigenvalue weighted by Crippen LogP contribution is 2.21. The van der Waals surface area contributed by atoms with Crippen LogP contribution in [0, 0.1) is 13.8 Å². The highest BCUT2D eigenvalue weighted by molar-refractivity contribution is 8.00. The maximum atomic E-state index is 12.1. The second kappa shape index (κ2) is 7.83. The van der Waals surface area contributed by atoms with Crippen LogP contribution in [0.25, 0.3) is 0 Å². The number of benzene rings is 2. The molecule has 0 aliphatic rings. The van der Waals surface area contributed by atoms with Crippen LogP contribution >= 0.6 is 11.8 Å². The topological polar surface area (TPSA) is 55.4 Å². The molecule has 2 rings (SSSR count). The van der Waals surface area contributed by atoms with E-state index in [0.717, 1.165) is 10.5 Å². The van der Waals surface area contributed by atoms with E-state index in [9.17, 15) is 9.59 Å². The van der Waals surface area contributed by atoms with E-state index in [1.807, 2.05) is 38.1 Å². The van der Waals surface area contributed by atoms with Crippen molar-refractivity contribution >= 4 is 29.3 Å². The minimum atomic E-state index is -0.422. The van der Waals surface area contributed by atoms with Crippen molar-refractivity contribution in [2.45, 2.75) is 18.7 Å². The van der Waals surface area contributed by atoms with Gasteiger partial charge in [-0.1, -0.05) is 23.8 Å². The molecule has 2 aromatic rings. The van der Waals surface area contributed by atoms with Gasteiger partial charge in [-0.15, -0.1) is 11.8 Å². The molecule has 0 aromatic heterocycles. The zero-order valence-electron chi connectivity index (χ0n) is 13.4. The van der Waals surface area contributed by atoms with Gasteiger partial charge >= 0.3 is 5.97 Å². The first kappa shape index (κ1) is 17.1. The summed E-state index contributed by atoms with van der Waals surface area (Å²) < 4.78 is 4.70. The van der Waals surface area contributed by atoms with Crippen molar-refractivity contribution in [2.75, 3.05) is 18.2 Å². The molecular weight excluding hydrogens is 310 g/mol. The fourth-order valence-electron chi connectivity index (χ4n) is 1.97. The summed E-state index contributed by atoms with van der Waals surface area (Å²) in [5, 5.41) is 2.84. The van der Waals surface area contributed by atoms with Crippen molar-refractivity contribution in [3.05, 3.63) is 59.2 Å². The molecule has 0 bridgehead atoms. The third kappa shape index (κ3) is 4.86. The first-order valence-corrected chi connectivity index (χ1v) is 8.16. The summed E-state index contributed by atoms with van der Waals surface area (Å²) in [7, 11) is 1.33. The minimum absolute atomic E-state index is 0.110. The lowest BCUT2D eigenvalue weighted by molar-refractivity contribution is -0.113. The Kier molecular flexibility index (Phi) is 5.82. The molecule has 4 nitrogen and oxygen atoms in total. The van der Waals surface area contributed by atoms with Gasteiger partial charge in [0.15, 0.2) is 0 Å². The largest absolute Gasteiger partial charge is 0.465 e. The van der Waals surface area contributed by atoms with E-state index in [-0.39, 0.29) is 5.91 Å². The average Bonchev–Trinajstić information content (AvgIpc) is 2.55. The second-order valence-electron chi connectivity index (χ2n) is 5.17. The molecule has 2 aromatic carbocycles. The number of esters is 1. The van der Waals surface area contributed by atoms with Crippen molar-refractivity contribution in [3.8, 4) is 0 Å². The summed E-state index contributed by atoms with van der Waals surface area (Å²) in [4.78, 5) is 24.7. The smallest absolute Gasteiger partial charge is 0.337 e. The number of nitrogens with one attached hydrogen (secondary N) is 1. The number of ether oxygens (including phenoxy) is 1. The Bertz CT molecular complexity index is 711. The predicted molar refractivity (Wildman–Crippen MR) is 93.1 cm³/mol. The van der Waals surface area contributed by atoms with Crippen molar-refractivity contribution in [1.29, 1.82) is 0 Å². The van der Waals surface area contributed by atoms with Gasteiger partial charge in [0, 0.05) is 10.6 Å². The van der Waals surface area contributed by atoms with E-state index in [4.69, 9.17) is 4.74 Å². The molecule has 0 heterocycles. The average molecular weight is 329 g/mol. The van der Waals surface area contributed by atoms with Gasteiger partial charge in [-0.25, -0.2) is 4.79 Å². The Labute approximate surface area is 140 Å². The summed E-state index contributed by atoms with van der Waals surface area (Å²) in [5.74, 6) is -0.222. The normalized spacial score (nSPS) is 10.2. The Hall–Kier alpha value is -2.27. The van der Waals surface area contributed by atoms with E-state index >= 15 is 0 Å². The molecule has 1 amide bonds. The molecular formula is C18H19NO3S. The third-order valence-corrected chi connectivity index (χ3v) is 4.34. The number of anilines is 1. The van der Waals surface area contributed by atoms with Gasteiger partial charge in [-0.3, -0.25) is 4.79 Å². The second-order valence-corrected chi connectivity index (χ2v) is 6.22. The quantitative estimate of drug-likeness (QED) is 0.669. The number of carbonyl (C=O) groups excluding carboxylic acids is 2. The number of thioether (sulfide) groups is 1.